The normalized spacial score (nSPS) is 15.2. The van der Waals surface area contributed by atoms with Gasteiger partial charge in [0.2, 0.25) is 0 Å². The van der Waals surface area contributed by atoms with Crippen molar-refractivity contribution in [3.63, 3.8) is 0 Å². The van der Waals surface area contributed by atoms with Crippen LogP contribution in [0.3, 0.4) is 0 Å². The second-order valence-corrected chi connectivity index (χ2v) is 7.43. The van der Waals surface area contributed by atoms with Crippen LogP contribution in [0.1, 0.15) is 37.7 Å². The molecule has 0 heterocycles. The molecule has 2 aromatic carbocycles. The quantitative estimate of drug-likeness (QED) is 0.169. The van der Waals surface area contributed by atoms with E-state index in [1.807, 2.05) is 24.3 Å². The third-order valence-electron chi connectivity index (χ3n) is 4.82. The molecule has 0 radical (unpaired) electrons. The molecule has 0 unspecified atom stereocenters. The molecule has 156 valence electrons. The number of halogens is 1. The van der Waals surface area contributed by atoms with E-state index in [0.29, 0.717) is 28.8 Å². The van der Waals surface area contributed by atoms with Gasteiger partial charge in [-0.05, 0) is 48.2 Å². The molecular weight excluding hydrogens is 404 g/mol. The van der Waals surface area contributed by atoms with Crippen LogP contribution in [0.5, 0.6) is 11.5 Å². The maximum atomic E-state index is 10.3. The Bertz CT molecular complexity index is 966. The third kappa shape index (κ3) is 6.47. The Morgan fingerprint density at radius 3 is 2.77 bits per heavy atom. The van der Waals surface area contributed by atoms with Crippen LogP contribution in [0.25, 0.3) is 10.4 Å². The van der Waals surface area contributed by atoms with Gasteiger partial charge in [-0.15, -0.1) is 5.11 Å². The van der Waals surface area contributed by atoms with Crippen LogP contribution in [0, 0.1) is 5.92 Å². The number of aliphatic imine (C=N–C) groups is 1. The van der Waals surface area contributed by atoms with Gasteiger partial charge in [0.25, 0.3) is 0 Å². The molecule has 8 nitrogen and oxygen atoms in total. The Labute approximate surface area is 179 Å². The number of benzene rings is 2. The first-order chi connectivity index (χ1) is 14.7. The largest absolute Gasteiger partial charge is 0.506 e. The average molecular weight is 427 g/mol. The number of nitrogens with zero attached hydrogens (tertiary/aromatic N) is 6. The molecule has 0 amide bonds. The van der Waals surface area contributed by atoms with Crippen LogP contribution in [0.2, 0.25) is 5.02 Å². The highest BCUT2D eigenvalue weighted by Gasteiger charge is 2.20. The fourth-order valence-electron chi connectivity index (χ4n) is 3.32. The molecule has 9 heteroatoms. The van der Waals surface area contributed by atoms with E-state index in [2.05, 4.69) is 25.2 Å². The zero-order valence-corrected chi connectivity index (χ0v) is 17.2. The summed E-state index contributed by atoms with van der Waals surface area (Å²) in [5.74, 6) is 1.25. The van der Waals surface area contributed by atoms with Gasteiger partial charge in [0.05, 0.1) is 6.54 Å². The van der Waals surface area contributed by atoms with Gasteiger partial charge in [-0.1, -0.05) is 48.1 Å². The van der Waals surface area contributed by atoms with Crippen molar-refractivity contribution in [1.29, 1.82) is 0 Å². The number of phenols is 1. The number of azo groups is 1. The Morgan fingerprint density at radius 2 is 2.00 bits per heavy atom. The molecule has 0 saturated heterocycles. The summed E-state index contributed by atoms with van der Waals surface area (Å²) in [5, 5.41) is 23.0. The molecule has 1 saturated carbocycles. The van der Waals surface area contributed by atoms with Gasteiger partial charge >= 0.3 is 0 Å². The summed E-state index contributed by atoms with van der Waals surface area (Å²) in [4.78, 5) is 7.27. The van der Waals surface area contributed by atoms with Gasteiger partial charge < -0.3 is 9.84 Å². The second-order valence-electron chi connectivity index (χ2n) is 6.99. The van der Waals surface area contributed by atoms with Crippen molar-refractivity contribution in [2.75, 3.05) is 6.73 Å². The topological polar surface area (TPSA) is 115 Å². The monoisotopic (exact) mass is 426 g/mol. The first kappa shape index (κ1) is 21.6. The Balaban J connectivity index is 1.84. The number of hydrogen-bond donors (Lipinski definition) is 1. The second kappa shape index (κ2) is 11.2. The molecule has 0 spiro atoms. The lowest BCUT2D eigenvalue weighted by molar-refractivity contribution is 0.328. The molecule has 30 heavy (non-hydrogen) atoms. The number of phenolic OH excluding ortho intramolecular Hbond substituents is 1. The van der Waals surface area contributed by atoms with Crippen LogP contribution >= 0.6 is 11.6 Å². The van der Waals surface area contributed by atoms with Crippen LogP contribution in [-0.2, 0) is 6.54 Å². The van der Waals surface area contributed by atoms with E-state index >= 15 is 0 Å². The predicted octanol–water partition coefficient (Wildman–Crippen LogP) is 6.95. The minimum absolute atomic E-state index is 0.0180. The molecule has 1 fully saturated rings. The summed E-state index contributed by atoms with van der Waals surface area (Å²) in [6.07, 6.45) is 5.42. The molecule has 2 aromatic rings. The van der Waals surface area contributed by atoms with Crippen molar-refractivity contribution in [3.05, 3.63) is 63.5 Å². The Morgan fingerprint density at radius 1 is 1.17 bits per heavy atom. The minimum Gasteiger partial charge on any atom is -0.506 e. The van der Waals surface area contributed by atoms with Crippen molar-refractivity contribution in [2.24, 2.45) is 26.3 Å². The van der Waals surface area contributed by atoms with Crippen LogP contribution < -0.4 is 4.74 Å². The van der Waals surface area contributed by atoms with Crippen LogP contribution in [0.4, 0.5) is 5.69 Å². The lowest BCUT2D eigenvalue weighted by Crippen LogP contribution is -2.15. The number of azide groups is 1. The number of rotatable bonds is 7. The number of ether oxygens (including phenoxy) is 1. The lowest BCUT2D eigenvalue weighted by Gasteiger charge is -2.20. The molecule has 0 aromatic heterocycles. The molecular formula is C21H23ClN6O2. The summed E-state index contributed by atoms with van der Waals surface area (Å²) in [6, 6.07) is 12.2. The van der Waals surface area contributed by atoms with Gasteiger partial charge in [0.1, 0.15) is 17.2 Å². The summed E-state index contributed by atoms with van der Waals surface area (Å²) >= 11 is 6.03. The smallest absolute Gasteiger partial charge is 0.167 e. The maximum Gasteiger partial charge on any atom is 0.167 e. The van der Waals surface area contributed by atoms with E-state index in [1.165, 1.54) is 12.5 Å². The van der Waals surface area contributed by atoms with E-state index in [9.17, 15) is 5.11 Å². The first-order valence-electron chi connectivity index (χ1n) is 9.83. The van der Waals surface area contributed by atoms with Crippen molar-refractivity contribution >= 4 is 23.1 Å². The van der Waals surface area contributed by atoms with Gasteiger partial charge in [0.15, 0.2) is 12.6 Å². The van der Waals surface area contributed by atoms with Crippen LogP contribution in [0.15, 0.2) is 62.8 Å². The zero-order chi connectivity index (χ0) is 21.2. The SMILES string of the molecule is [N-]=[N+]=NCOc1ccc(O)c(/N=C(/N=NCc2cccc(Cl)c2)C2CCCCC2)c1. The summed E-state index contributed by atoms with van der Waals surface area (Å²) in [7, 11) is 0. The standard InChI is InChI=1S/C21H23ClN6O2/c22-17-8-4-5-15(11-17)13-24-27-21(16-6-2-1-3-7-16)26-19-12-18(9-10-20(19)29)30-14-25-28-23/h4-5,8-12,16,29H,1-3,6-7,13-14H2/b26-21+,27-24?. The predicted molar refractivity (Wildman–Crippen MR) is 116 cm³/mol. The average Bonchev–Trinajstić information content (AvgIpc) is 2.76. The molecule has 1 aliphatic carbocycles. The van der Waals surface area contributed by atoms with Crippen molar-refractivity contribution < 1.29 is 9.84 Å². The van der Waals surface area contributed by atoms with E-state index < -0.39 is 0 Å². The van der Waals surface area contributed by atoms with Gasteiger partial charge in [0, 0.05) is 21.9 Å². The fourth-order valence-corrected chi connectivity index (χ4v) is 3.53. The van der Waals surface area contributed by atoms with Crippen molar-refractivity contribution in [2.45, 2.75) is 38.6 Å². The molecule has 1 N–H and O–H groups in total. The highest BCUT2D eigenvalue weighted by Crippen LogP contribution is 2.33. The molecule has 0 atom stereocenters. The fraction of sp³-hybridized carbons (Fsp3) is 0.381. The van der Waals surface area contributed by atoms with E-state index in [4.69, 9.17) is 21.9 Å². The number of hydrogen-bond acceptors (Lipinski definition) is 5. The highest BCUT2D eigenvalue weighted by atomic mass is 35.5. The Hall–Kier alpha value is -3.09. The summed E-state index contributed by atoms with van der Waals surface area (Å²) in [6.45, 7) is 0.257. The zero-order valence-electron chi connectivity index (χ0n) is 16.5. The number of aromatic hydroxyl groups is 1. The van der Waals surface area contributed by atoms with Gasteiger partial charge in [-0.3, -0.25) is 0 Å². The molecule has 0 bridgehead atoms. The molecule has 3 rings (SSSR count). The van der Waals surface area contributed by atoms with E-state index in [1.54, 1.807) is 12.1 Å². The molecule has 0 aliphatic heterocycles. The van der Waals surface area contributed by atoms with Gasteiger partial charge in [-0.25, -0.2) is 4.99 Å². The first-order valence-corrected chi connectivity index (χ1v) is 10.2. The Kier molecular flexibility index (Phi) is 8.06. The van der Waals surface area contributed by atoms with Gasteiger partial charge in [-0.2, -0.15) is 5.11 Å². The number of amidine groups is 1. The summed E-state index contributed by atoms with van der Waals surface area (Å²) in [5.41, 5.74) is 9.68. The molecule has 1 aliphatic rings. The van der Waals surface area contributed by atoms with Crippen LogP contribution in [-0.4, -0.2) is 17.7 Å². The third-order valence-corrected chi connectivity index (χ3v) is 5.05. The van der Waals surface area contributed by atoms with Crippen molar-refractivity contribution in [3.8, 4) is 11.5 Å². The maximum absolute atomic E-state index is 10.3. The van der Waals surface area contributed by atoms with Crippen molar-refractivity contribution in [1.82, 2.24) is 0 Å². The minimum atomic E-state index is -0.140. The highest BCUT2D eigenvalue weighted by molar-refractivity contribution is 6.30. The lowest BCUT2D eigenvalue weighted by atomic mass is 9.88. The summed E-state index contributed by atoms with van der Waals surface area (Å²) < 4.78 is 5.35. The van der Waals surface area contributed by atoms with E-state index in [-0.39, 0.29) is 18.4 Å². The van der Waals surface area contributed by atoms with E-state index in [0.717, 1.165) is 31.2 Å².